The molecule has 2 fully saturated rings. The number of anilines is 2. The zero-order valence-corrected chi connectivity index (χ0v) is 18.2. The van der Waals surface area contributed by atoms with E-state index in [2.05, 4.69) is 23.2 Å². The van der Waals surface area contributed by atoms with Gasteiger partial charge in [0.25, 0.3) is 5.91 Å². The molecule has 4 rings (SSSR count). The van der Waals surface area contributed by atoms with Crippen molar-refractivity contribution in [1.29, 1.82) is 0 Å². The highest BCUT2D eigenvalue weighted by Gasteiger charge is 2.31. The number of carbonyl (C=O) groups excluding carboxylic acids is 2. The predicted molar refractivity (Wildman–Crippen MR) is 121 cm³/mol. The molecule has 2 aromatic rings. The number of aryl methyl sites for hydroxylation is 1. The van der Waals surface area contributed by atoms with Crippen LogP contribution >= 0.6 is 0 Å². The summed E-state index contributed by atoms with van der Waals surface area (Å²) < 4.78 is 14.3. The standard InChI is InChI=1S/C25H30FN3O2/c1-17-7-3-12-22(26)23(17)25(31)28-13-6-9-19(16-28)24(30)27-20-10-4-11-21(15-20)29-14-5-8-18(29)2/h3-4,7,10-12,15,18-19H,5-6,8-9,13-14,16H2,1-2H3,(H,27,30)/t18?,19-/m0/s1. The van der Waals surface area contributed by atoms with Gasteiger partial charge < -0.3 is 15.1 Å². The molecule has 2 atom stereocenters. The van der Waals surface area contributed by atoms with E-state index in [1.165, 1.54) is 18.9 Å². The van der Waals surface area contributed by atoms with Gasteiger partial charge in [-0.3, -0.25) is 9.59 Å². The molecule has 0 aliphatic carbocycles. The molecule has 2 aliphatic rings. The number of nitrogens with one attached hydrogen (secondary N) is 1. The fourth-order valence-electron chi connectivity index (χ4n) is 4.76. The van der Waals surface area contributed by atoms with Crippen molar-refractivity contribution in [1.82, 2.24) is 4.90 Å². The van der Waals surface area contributed by atoms with Gasteiger partial charge in [0.05, 0.1) is 11.5 Å². The van der Waals surface area contributed by atoms with E-state index in [0.717, 1.165) is 24.3 Å². The molecule has 2 aromatic carbocycles. The number of halogens is 1. The number of hydrogen-bond acceptors (Lipinski definition) is 3. The summed E-state index contributed by atoms with van der Waals surface area (Å²) in [6.45, 7) is 5.84. The Morgan fingerprint density at radius 1 is 1.06 bits per heavy atom. The van der Waals surface area contributed by atoms with Crippen LogP contribution in [0.3, 0.4) is 0 Å². The van der Waals surface area contributed by atoms with Crippen molar-refractivity contribution in [3.63, 3.8) is 0 Å². The maximum absolute atomic E-state index is 14.3. The van der Waals surface area contributed by atoms with Crippen LogP contribution in [0.2, 0.25) is 0 Å². The van der Waals surface area contributed by atoms with E-state index in [9.17, 15) is 14.0 Å². The molecule has 1 N–H and O–H groups in total. The second-order valence-electron chi connectivity index (χ2n) is 8.75. The fraction of sp³-hybridized carbons (Fsp3) is 0.440. The SMILES string of the molecule is Cc1cccc(F)c1C(=O)N1CCC[C@H](C(=O)Nc2cccc(N3CCCC3C)c2)C1. The quantitative estimate of drug-likeness (QED) is 0.781. The van der Waals surface area contributed by atoms with E-state index < -0.39 is 5.82 Å². The summed E-state index contributed by atoms with van der Waals surface area (Å²) >= 11 is 0. The molecule has 164 valence electrons. The van der Waals surface area contributed by atoms with Crippen LogP contribution in [0.4, 0.5) is 15.8 Å². The molecule has 0 bridgehead atoms. The molecule has 1 unspecified atom stereocenters. The molecule has 2 heterocycles. The topological polar surface area (TPSA) is 52.7 Å². The van der Waals surface area contributed by atoms with Crippen LogP contribution in [0.5, 0.6) is 0 Å². The summed E-state index contributed by atoms with van der Waals surface area (Å²) in [5.41, 5.74) is 2.62. The zero-order chi connectivity index (χ0) is 22.0. The van der Waals surface area contributed by atoms with E-state index in [0.29, 0.717) is 31.1 Å². The maximum Gasteiger partial charge on any atom is 0.257 e. The minimum Gasteiger partial charge on any atom is -0.369 e. The Morgan fingerprint density at radius 2 is 1.84 bits per heavy atom. The number of likely N-dealkylation sites (tertiary alicyclic amines) is 1. The molecule has 2 aliphatic heterocycles. The number of benzene rings is 2. The van der Waals surface area contributed by atoms with Gasteiger partial charge in [-0.15, -0.1) is 0 Å². The van der Waals surface area contributed by atoms with Crippen molar-refractivity contribution in [3.8, 4) is 0 Å². The molecule has 6 heteroatoms. The van der Waals surface area contributed by atoms with Gasteiger partial charge in [-0.2, -0.15) is 0 Å². The predicted octanol–water partition coefficient (Wildman–Crippen LogP) is 4.61. The van der Waals surface area contributed by atoms with Gasteiger partial charge in [-0.05, 0) is 69.4 Å². The van der Waals surface area contributed by atoms with Crippen LogP contribution in [-0.2, 0) is 4.79 Å². The Kier molecular flexibility index (Phi) is 6.25. The molecule has 0 aromatic heterocycles. The molecule has 0 spiro atoms. The second-order valence-corrected chi connectivity index (χ2v) is 8.75. The van der Waals surface area contributed by atoms with Crippen molar-refractivity contribution in [3.05, 3.63) is 59.4 Å². The number of piperidine rings is 1. The Labute approximate surface area is 183 Å². The average molecular weight is 424 g/mol. The molecular formula is C25H30FN3O2. The zero-order valence-electron chi connectivity index (χ0n) is 18.2. The van der Waals surface area contributed by atoms with Gasteiger partial charge in [0.1, 0.15) is 5.82 Å². The molecular weight excluding hydrogens is 393 g/mol. The van der Waals surface area contributed by atoms with Gasteiger partial charge in [0, 0.05) is 37.1 Å². The van der Waals surface area contributed by atoms with Gasteiger partial charge in [-0.25, -0.2) is 4.39 Å². The summed E-state index contributed by atoms with van der Waals surface area (Å²) in [6, 6.07) is 13.1. The lowest BCUT2D eigenvalue weighted by atomic mass is 9.95. The molecule has 0 radical (unpaired) electrons. The molecule has 2 saturated heterocycles. The maximum atomic E-state index is 14.3. The molecule has 0 saturated carbocycles. The minimum atomic E-state index is -0.510. The Morgan fingerprint density at radius 3 is 2.58 bits per heavy atom. The van der Waals surface area contributed by atoms with E-state index in [1.807, 2.05) is 18.2 Å². The Balaban J connectivity index is 1.43. The van der Waals surface area contributed by atoms with Crippen LogP contribution in [0.25, 0.3) is 0 Å². The van der Waals surface area contributed by atoms with Crippen molar-refractivity contribution < 1.29 is 14.0 Å². The van der Waals surface area contributed by atoms with E-state index in [-0.39, 0.29) is 23.3 Å². The Hall–Kier alpha value is -2.89. The van der Waals surface area contributed by atoms with Crippen LogP contribution in [-0.4, -0.2) is 42.4 Å². The van der Waals surface area contributed by atoms with Crippen molar-refractivity contribution in [2.24, 2.45) is 5.92 Å². The highest BCUT2D eigenvalue weighted by molar-refractivity contribution is 5.97. The first-order valence-electron chi connectivity index (χ1n) is 11.2. The van der Waals surface area contributed by atoms with E-state index in [4.69, 9.17) is 0 Å². The highest BCUT2D eigenvalue weighted by Crippen LogP contribution is 2.28. The first-order valence-corrected chi connectivity index (χ1v) is 11.2. The highest BCUT2D eigenvalue weighted by atomic mass is 19.1. The third-order valence-electron chi connectivity index (χ3n) is 6.51. The third kappa shape index (κ3) is 4.58. The fourth-order valence-corrected chi connectivity index (χ4v) is 4.76. The van der Waals surface area contributed by atoms with Crippen molar-refractivity contribution in [2.45, 2.75) is 45.6 Å². The van der Waals surface area contributed by atoms with Gasteiger partial charge in [-0.1, -0.05) is 18.2 Å². The largest absolute Gasteiger partial charge is 0.369 e. The first kappa shape index (κ1) is 21.3. The van der Waals surface area contributed by atoms with Gasteiger partial charge >= 0.3 is 0 Å². The molecule has 2 amide bonds. The van der Waals surface area contributed by atoms with Gasteiger partial charge in [0.2, 0.25) is 5.91 Å². The second kappa shape index (κ2) is 9.08. The van der Waals surface area contributed by atoms with Crippen LogP contribution in [0, 0.1) is 18.7 Å². The lowest BCUT2D eigenvalue weighted by Crippen LogP contribution is -2.44. The first-order chi connectivity index (χ1) is 14.9. The lowest BCUT2D eigenvalue weighted by molar-refractivity contribution is -0.121. The normalized spacial score (nSPS) is 21.3. The number of nitrogens with zero attached hydrogens (tertiary/aromatic N) is 2. The average Bonchev–Trinajstić information content (AvgIpc) is 3.19. The summed E-state index contributed by atoms with van der Waals surface area (Å²) in [7, 11) is 0. The summed E-state index contributed by atoms with van der Waals surface area (Å²) in [6.07, 6.45) is 3.81. The van der Waals surface area contributed by atoms with Crippen LogP contribution in [0.1, 0.15) is 48.5 Å². The van der Waals surface area contributed by atoms with Crippen LogP contribution < -0.4 is 10.2 Å². The number of carbonyl (C=O) groups is 2. The van der Waals surface area contributed by atoms with E-state index in [1.54, 1.807) is 24.0 Å². The molecule has 5 nitrogen and oxygen atoms in total. The van der Waals surface area contributed by atoms with Crippen LogP contribution in [0.15, 0.2) is 42.5 Å². The van der Waals surface area contributed by atoms with Crippen molar-refractivity contribution in [2.75, 3.05) is 29.9 Å². The summed E-state index contributed by atoms with van der Waals surface area (Å²) in [5, 5.41) is 3.03. The number of hydrogen-bond donors (Lipinski definition) is 1. The number of amides is 2. The third-order valence-corrected chi connectivity index (χ3v) is 6.51. The monoisotopic (exact) mass is 423 g/mol. The summed E-state index contributed by atoms with van der Waals surface area (Å²) in [5.74, 6) is -1.24. The minimum absolute atomic E-state index is 0.0885. The smallest absolute Gasteiger partial charge is 0.257 e. The van der Waals surface area contributed by atoms with E-state index >= 15 is 0 Å². The Bertz CT molecular complexity index is 957. The lowest BCUT2D eigenvalue weighted by Gasteiger charge is -2.32. The molecule has 31 heavy (non-hydrogen) atoms. The van der Waals surface area contributed by atoms with Gasteiger partial charge in [0.15, 0.2) is 0 Å². The van der Waals surface area contributed by atoms with Crippen molar-refractivity contribution >= 4 is 23.2 Å². The summed E-state index contributed by atoms with van der Waals surface area (Å²) in [4.78, 5) is 29.9. The number of rotatable bonds is 4.